The van der Waals surface area contributed by atoms with Gasteiger partial charge in [0.2, 0.25) is 23.6 Å². The lowest BCUT2D eigenvalue weighted by Gasteiger charge is -2.35. The van der Waals surface area contributed by atoms with Gasteiger partial charge in [-0.15, -0.1) is 0 Å². The second-order valence-corrected chi connectivity index (χ2v) is 16.0. The summed E-state index contributed by atoms with van der Waals surface area (Å²) < 4.78 is 5.60. The molecule has 0 bridgehead atoms. The average Bonchev–Trinajstić information content (AvgIpc) is 3.10. The van der Waals surface area contributed by atoms with E-state index in [1.165, 1.54) is 9.80 Å². The largest absolute Gasteiger partial charge is 0.459 e. The van der Waals surface area contributed by atoms with Crippen LogP contribution in [0.4, 0.5) is 0 Å². The molecule has 0 spiro atoms. The third-order valence-corrected chi connectivity index (χ3v) is 9.09. The van der Waals surface area contributed by atoms with Gasteiger partial charge in [-0.1, -0.05) is 116 Å². The molecule has 53 heavy (non-hydrogen) atoms. The van der Waals surface area contributed by atoms with E-state index >= 15 is 0 Å². The van der Waals surface area contributed by atoms with Crippen molar-refractivity contribution >= 4 is 29.6 Å². The Morgan fingerprint density at radius 1 is 0.585 bits per heavy atom. The molecule has 0 saturated carbocycles. The normalized spacial score (nSPS) is 14.3. The highest BCUT2D eigenvalue weighted by molar-refractivity contribution is 5.95. The quantitative estimate of drug-likeness (QED) is 0.151. The summed E-state index contributed by atoms with van der Waals surface area (Å²) in [5.74, 6) is -2.09. The highest BCUT2D eigenvalue weighted by Crippen LogP contribution is 2.19. The van der Waals surface area contributed by atoms with Gasteiger partial charge >= 0.3 is 5.97 Å². The maximum atomic E-state index is 14.3. The van der Waals surface area contributed by atoms with Crippen LogP contribution in [0.15, 0.2) is 60.7 Å². The lowest BCUT2D eigenvalue weighted by atomic mass is 9.96. The summed E-state index contributed by atoms with van der Waals surface area (Å²) in [6.07, 6.45) is 1.68. The van der Waals surface area contributed by atoms with Crippen LogP contribution in [0, 0.1) is 23.7 Å². The number of nitrogens with zero attached hydrogens (tertiary/aromatic N) is 2. The number of hydrogen-bond acceptors (Lipinski definition) is 7. The molecule has 0 radical (unpaired) electrons. The van der Waals surface area contributed by atoms with Crippen molar-refractivity contribution in [2.75, 3.05) is 14.1 Å². The number of amides is 4. The van der Waals surface area contributed by atoms with Gasteiger partial charge in [0.25, 0.3) is 0 Å². The fourth-order valence-corrected chi connectivity index (χ4v) is 6.29. The molecule has 0 saturated heterocycles. The van der Waals surface area contributed by atoms with Gasteiger partial charge in [-0.3, -0.25) is 19.2 Å². The summed E-state index contributed by atoms with van der Waals surface area (Å²) in [5.41, 5.74) is 8.09. The van der Waals surface area contributed by atoms with Crippen molar-refractivity contribution < 1.29 is 28.7 Å². The number of benzene rings is 2. The van der Waals surface area contributed by atoms with Crippen LogP contribution in [-0.4, -0.2) is 83.7 Å². The summed E-state index contributed by atoms with van der Waals surface area (Å²) in [6, 6.07) is 14.3. The van der Waals surface area contributed by atoms with Crippen LogP contribution < -0.4 is 16.4 Å². The smallest absolute Gasteiger partial charge is 0.328 e. The van der Waals surface area contributed by atoms with E-state index in [0.29, 0.717) is 32.1 Å². The van der Waals surface area contributed by atoms with E-state index in [0.717, 1.165) is 11.1 Å². The zero-order valence-electron chi connectivity index (χ0n) is 33.6. The molecule has 11 heteroatoms. The minimum atomic E-state index is -0.964. The predicted octanol–water partition coefficient (Wildman–Crippen LogP) is 5.11. The van der Waals surface area contributed by atoms with E-state index < -0.39 is 53.9 Å². The van der Waals surface area contributed by atoms with Crippen LogP contribution >= 0.6 is 0 Å². The van der Waals surface area contributed by atoms with Gasteiger partial charge in [0.05, 0.1) is 6.04 Å². The molecule has 2 aromatic carbocycles. The molecule has 0 fully saturated rings. The number of nitrogens with two attached hydrogens (primary N) is 1. The Hall–Kier alpha value is -4.25. The zero-order valence-corrected chi connectivity index (χ0v) is 33.6. The minimum Gasteiger partial charge on any atom is -0.459 e. The first kappa shape index (κ1) is 44.9. The Bertz CT molecular complexity index is 1450. The molecular weight excluding hydrogens is 670 g/mol. The van der Waals surface area contributed by atoms with Gasteiger partial charge < -0.3 is 30.9 Å². The molecule has 4 N–H and O–H groups in total. The molecule has 2 aromatic rings. The van der Waals surface area contributed by atoms with Crippen molar-refractivity contribution in [3.8, 4) is 0 Å². The Balaban J connectivity index is 2.30. The highest BCUT2D eigenvalue weighted by Gasteiger charge is 2.37. The van der Waals surface area contributed by atoms with Gasteiger partial charge in [0.15, 0.2) is 0 Å². The summed E-state index contributed by atoms with van der Waals surface area (Å²) in [7, 11) is 3.14. The van der Waals surface area contributed by atoms with Crippen molar-refractivity contribution in [3.63, 3.8) is 0 Å². The monoisotopic (exact) mass is 735 g/mol. The van der Waals surface area contributed by atoms with Gasteiger partial charge in [-0.05, 0) is 66.9 Å². The Morgan fingerprint density at radius 3 is 1.43 bits per heavy atom. The molecule has 2 rings (SSSR count). The van der Waals surface area contributed by atoms with Crippen LogP contribution in [0.1, 0.15) is 92.2 Å². The van der Waals surface area contributed by atoms with Gasteiger partial charge in [-0.25, -0.2) is 4.79 Å². The molecule has 0 heterocycles. The summed E-state index contributed by atoms with van der Waals surface area (Å²) in [4.78, 5) is 71.9. The highest BCUT2D eigenvalue weighted by atomic mass is 16.5. The van der Waals surface area contributed by atoms with E-state index in [2.05, 4.69) is 10.6 Å². The molecule has 11 nitrogen and oxygen atoms in total. The van der Waals surface area contributed by atoms with Crippen molar-refractivity contribution in [3.05, 3.63) is 71.8 Å². The number of hydrogen-bond donors (Lipinski definition) is 3. The standard InChI is InChI=1S/C42H65N5O6/c1-27(2)21-34(44-38(48)36(23-29(5)6)46(9)40(50)33(43)25-31-17-13-11-14-18-31)41(51)47(10)37(24-30(7)8)39(49)45-35(22-28(3)4)42(52)53-26-32-19-15-12-16-20-32/h11-20,27-30,33-37H,21-26,43H2,1-10H3,(H,44,48)(H,45,49). The first-order valence-corrected chi connectivity index (χ1v) is 19.0. The molecule has 0 aliphatic carbocycles. The predicted molar refractivity (Wildman–Crippen MR) is 209 cm³/mol. The van der Waals surface area contributed by atoms with Gasteiger partial charge in [-0.2, -0.15) is 0 Å². The summed E-state index contributed by atoms with van der Waals surface area (Å²) in [6.45, 7) is 15.7. The van der Waals surface area contributed by atoms with E-state index in [9.17, 15) is 24.0 Å². The van der Waals surface area contributed by atoms with Crippen LogP contribution in [0.25, 0.3) is 0 Å². The molecule has 4 amide bonds. The number of rotatable bonds is 21. The van der Waals surface area contributed by atoms with Crippen LogP contribution in [0.5, 0.6) is 0 Å². The van der Waals surface area contributed by atoms with E-state index in [1.807, 2.05) is 116 Å². The lowest BCUT2D eigenvalue weighted by Crippen LogP contribution is -2.59. The maximum Gasteiger partial charge on any atom is 0.328 e. The number of esters is 1. The molecule has 5 atom stereocenters. The fraction of sp³-hybridized carbons (Fsp3) is 0.595. The zero-order chi connectivity index (χ0) is 39.8. The van der Waals surface area contributed by atoms with Crippen molar-refractivity contribution in [1.29, 1.82) is 0 Å². The van der Waals surface area contributed by atoms with Gasteiger partial charge in [0, 0.05) is 14.1 Å². The number of likely N-dealkylation sites (N-methyl/N-ethyl adjacent to an activating group) is 2. The maximum absolute atomic E-state index is 14.3. The van der Waals surface area contributed by atoms with E-state index in [1.54, 1.807) is 14.1 Å². The number of nitrogens with one attached hydrogen (secondary N) is 2. The van der Waals surface area contributed by atoms with Crippen molar-refractivity contribution in [2.45, 2.75) is 124 Å². The second-order valence-electron chi connectivity index (χ2n) is 16.0. The molecule has 5 unspecified atom stereocenters. The third-order valence-electron chi connectivity index (χ3n) is 9.09. The van der Waals surface area contributed by atoms with E-state index in [-0.39, 0.29) is 36.2 Å². The van der Waals surface area contributed by atoms with E-state index in [4.69, 9.17) is 10.5 Å². The number of carbonyl (C=O) groups is 5. The topological polar surface area (TPSA) is 151 Å². The Labute approximate surface area is 317 Å². The average molecular weight is 736 g/mol. The number of ether oxygens (including phenoxy) is 1. The number of carbonyl (C=O) groups excluding carboxylic acids is 5. The fourth-order valence-electron chi connectivity index (χ4n) is 6.29. The SMILES string of the molecule is CC(C)CC(NC(=O)C(CC(C)C)N(C)C(=O)C(CC(C)C)NC(=O)C(CC(C)C)N(C)C(=O)C(N)Cc1ccccc1)C(=O)OCc1ccccc1. The Morgan fingerprint density at radius 2 is 0.981 bits per heavy atom. The van der Waals surface area contributed by atoms with Crippen LogP contribution in [0.2, 0.25) is 0 Å². The molecule has 0 aliphatic rings. The molecule has 0 aliphatic heterocycles. The van der Waals surface area contributed by atoms with Crippen LogP contribution in [0.3, 0.4) is 0 Å². The minimum absolute atomic E-state index is 0.0204. The third kappa shape index (κ3) is 15.3. The summed E-state index contributed by atoms with van der Waals surface area (Å²) >= 11 is 0. The van der Waals surface area contributed by atoms with Crippen LogP contribution in [-0.2, 0) is 41.7 Å². The molecular formula is C42H65N5O6. The van der Waals surface area contributed by atoms with Crippen molar-refractivity contribution in [1.82, 2.24) is 20.4 Å². The van der Waals surface area contributed by atoms with Gasteiger partial charge in [0.1, 0.15) is 30.8 Å². The second kappa shape index (κ2) is 22.1. The molecule has 0 aromatic heterocycles. The first-order chi connectivity index (χ1) is 24.9. The lowest BCUT2D eigenvalue weighted by molar-refractivity contribution is -0.151. The first-order valence-electron chi connectivity index (χ1n) is 19.0. The Kier molecular flexibility index (Phi) is 18.7. The molecule has 294 valence electrons. The summed E-state index contributed by atoms with van der Waals surface area (Å²) in [5, 5.41) is 5.84. The van der Waals surface area contributed by atoms with Crippen molar-refractivity contribution in [2.24, 2.45) is 29.4 Å².